The summed E-state index contributed by atoms with van der Waals surface area (Å²) >= 11 is 1.75. The number of thiophene rings is 1. The van der Waals surface area contributed by atoms with Crippen LogP contribution in [0.25, 0.3) is 10.2 Å². The van der Waals surface area contributed by atoms with E-state index in [0.717, 1.165) is 16.6 Å². The zero-order valence-corrected chi connectivity index (χ0v) is 11.3. The molecule has 0 spiro atoms. The third-order valence-corrected chi connectivity index (χ3v) is 4.77. The number of fused-ring (bicyclic) bond motifs is 1. The van der Waals surface area contributed by atoms with Crippen LogP contribution in [0.1, 0.15) is 30.2 Å². The molecule has 4 heteroatoms. The van der Waals surface area contributed by atoms with Gasteiger partial charge in [-0.15, -0.1) is 11.3 Å². The maximum absolute atomic E-state index is 4.42. The zero-order valence-electron chi connectivity index (χ0n) is 10.4. The molecular formula is C13H17N3S. The number of nitrogens with one attached hydrogen (secondary N) is 1. The van der Waals surface area contributed by atoms with Gasteiger partial charge in [0.05, 0.1) is 5.39 Å². The normalized spacial score (nSPS) is 17.4. The number of hydrogen-bond acceptors (Lipinski definition) is 4. The molecule has 1 N–H and O–H groups in total. The lowest BCUT2D eigenvalue weighted by Crippen LogP contribution is -2.18. The van der Waals surface area contributed by atoms with Crippen LogP contribution in [0.5, 0.6) is 0 Å². The fraction of sp³-hybridized carbons (Fsp3) is 0.538. The van der Waals surface area contributed by atoms with Gasteiger partial charge in [0.2, 0.25) is 0 Å². The van der Waals surface area contributed by atoms with Gasteiger partial charge in [-0.05, 0) is 45.1 Å². The fourth-order valence-corrected chi connectivity index (χ4v) is 3.22. The van der Waals surface area contributed by atoms with Gasteiger partial charge in [0, 0.05) is 10.9 Å². The largest absolute Gasteiger partial charge is 0.367 e. The molecule has 2 aromatic rings. The summed E-state index contributed by atoms with van der Waals surface area (Å²) in [5.41, 5.74) is 1.32. The Hall–Kier alpha value is -1.16. The molecule has 1 unspecified atom stereocenters. The van der Waals surface area contributed by atoms with E-state index < -0.39 is 0 Å². The van der Waals surface area contributed by atoms with Crippen LogP contribution < -0.4 is 5.32 Å². The van der Waals surface area contributed by atoms with Crippen LogP contribution in [-0.4, -0.2) is 16.0 Å². The van der Waals surface area contributed by atoms with Crippen molar-refractivity contribution in [2.45, 2.75) is 39.7 Å². The van der Waals surface area contributed by atoms with E-state index in [0.29, 0.717) is 6.04 Å². The quantitative estimate of drug-likeness (QED) is 0.901. The Balaban J connectivity index is 2.02. The molecule has 3 nitrogen and oxygen atoms in total. The Kier molecular flexibility index (Phi) is 2.54. The van der Waals surface area contributed by atoms with Crippen LogP contribution in [0.15, 0.2) is 6.33 Å². The van der Waals surface area contributed by atoms with Crippen LogP contribution in [0.2, 0.25) is 0 Å². The highest BCUT2D eigenvalue weighted by Crippen LogP contribution is 2.36. The van der Waals surface area contributed by atoms with Crippen molar-refractivity contribution in [3.63, 3.8) is 0 Å². The molecule has 0 bridgehead atoms. The SMILES string of the molecule is Cc1sc2ncnc(NC(C)C3CC3)c2c1C. The number of aryl methyl sites for hydroxylation is 2. The minimum atomic E-state index is 0.521. The van der Waals surface area contributed by atoms with E-state index in [-0.39, 0.29) is 0 Å². The second-order valence-corrected chi connectivity index (χ2v) is 6.16. The first-order valence-corrected chi connectivity index (χ1v) is 6.95. The van der Waals surface area contributed by atoms with E-state index in [2.05, 4.69) is 36.1 Å². The Bertz CT molecular complexity index is 557. The topological polar surface area (TPSA) is 37.8 Å². The van der Waals surface area contributed by atoms with Gasteiger partial charge in [-0.3, -0.25) is 0 Å². The molecule has 90 valence electrons. The summed E-state index contributed by atoms with van der Waals surface area (Å²) in [5, 5.41) is 4.77. The zero-order chi connectivity index (χ0) is 12.0. The van der Waals surface area contributed by atoms with Crippen LogP contribution in [0.3, 0.4) is 0 Å². The average molecular weight is 247 g/mol. The van der Waals surface area contributed by atoms with Gasteiger partial charge in [0.25, 0.3) is 0 Å². The molecule has 1 fully saturated rings. The first-order chi connectivity index (χ1) is 8.16. The first-order valence-electron chi connectivity index (χ1n) is 6.14. The van der Waals surface area contributed by atoms with E-state index in [1.54, 1.807) is 17.7 Å². The van der Waals surface area contributed by atoms with Crippen molar-refractivity contribution >= 4 is 27.4 Å². The molecule has 2 aromatic heterocycles. The van der Waals surface area contributed by atoms with Crippen molar-refractivity contribution < 1.29 is 0 Å². The molecule has 0 radical (unpaired) electrons. The predicted molar refractivity (Wildman–Crippen MR) is 72.7 cm³/mol. The van der Waals surface area contributed by atoms with Gasteiger partial charge in [-0.25, -0.2) is 9.97 Å². The van der Waals surface area contributed by atoms with E-state index in [1.165, 1.54) is 28.7 Å². The van der Waals surface area contributed by atoms with E-state index in [1.807, 2.05) is 0 Å². The van der Waals surface area contributed by atoms with Crippen LogP contribution >= 0.6 is 11.3 Å². The summed E-state index contributed by atoms with van der Waals surface area (Å²) in [6.45, 7) is 6.56. The first kappa shape index (κ1) is 11.0. The highest BCUT2D eigenvalue weighted by molar-refractivity contribution is 7.18. The number of nitrogens with zero attached hydrogens (tertiary/aromatic N) is 2. The van der Waals surface area contributed by atoms with Crippen LogP contribution in [-0.2, 0) is 0 Å². The second-order valence-electron chi connectivity index (χ2n) is 4.96. The number of anilines is 1. The minimum absolute atomic E-state index is 0.521. The molecule has 0 amide bonds. The van der Waals surface area contributed by atoms with Crippen LogP contribution in [0, 0.1) is 19.8 Å². The molecule has 1 aliphatic rings. The summed E-state index contributed by atoms with van der Waals surface area (Å²) in [6, 6.07) is 0.521. The third-order valence-electron chi connectivity index (χ3n) is 3.66. The van der Waals surface area contributed by atoms with Gasteiger partial charge >= 0.3 is 0 Å². The smallest absolute Gasteiger partial charge is 0.138 e. The highest BCUT2D eigenvalue weighted by atomic mass is 32.1. The molecule has 0 saturated heterocycles. The number of hydrogen-bond donors (Lipinski definition) is 1. The summed E-state index contributed by atoms with van der Waals surface area (Å²) < 4.78 is 0. The van der Waals surface area contributed by atoms with E-state index >= 15 is 0 Å². The van der Waals surface area contributed by atoms with Gasteiger partial charge in [0.1, 0.15) is 17.0 Å². The van der Waals surface area contributed by atoms with E-state index in [4.69, 9.17) is 0 Å². The Labute approximate surface area is 105 Å². The van der Waals surface area contributed by atoms with Gasteiger partial charge in [-0.2, -0.15) is 0 Å². The van der Waals surface area contributed by atoms with Crippen molar-refractivity contribution in [1.29, 1.82) is 0 Å². The summed E-state index contributed by atoms with van der Waals surface area (Å²) in [5.74, 6) is 1.84. The molecule has 0 aliphatic heterocycles. The third kappa shape index (κ3) is 1.90. The molecule has 1 atom stereocenters. The van der Waals surface area contributed by atoms with Crippen molar-refractivity contribution in [3.8, 4) is 0 Å². The lowest BCUT2D eigenvalue weighted by Gasteiger charge is -2.14. The molecule has 17 heavy (non-hydrogen) atoms. The fourth-order valence-electron chi connectivity index (χ4n) is 2.22. The minimum Gasteiger partial charge on any atom is -0.367 e. The Morgan fingerprint density at radius 1 is 1.35 bits per heavy atom. The molecule has 1 aliphatic carbocycles. The van der Waals surface area contributed by atoms with E-state index in [9.17, 15) is 0 Å². The van der Waals surface area contributed by atoms with Crippen LogP contribution in [0.4, 0.5) is 5.82 Å². The lowest BCUT2D eigenvalue weighted by atomic mass is 10.2. The Morgan fingerprint density at radius 2 is 2.12 bits per heavy atom. The molecular weight excluding hydrogens is 230 g/mol. The maximum Gasteiger partial charge on any atom is 0.138 e. The second kappa shape index (κ2) is 3.95. The van der Waals surface area contributed by atoms with Crippen molar-refractivity contribution in [1.82, 2.24) is 9.97 Å². The number of aromatic nitrogens is 2. The van der Waals surface area contributed by atoms with Crippen molar-refractivity contribution in [3.05, 3.63) is 16.8 Å². The summed E-state index contributed by atoms with van der Waals surface area (Å²) in [7, 11) is 0. The predicted octanol–water partition coefficient (Wildman–Crippen LogP) is 3.52. The molecule has 1 saturated carbocycles. The Morgan fingerprint density at radius 3 is 2.82 bits per heavy atom. The van der Waals surface area contributed by atoms with Gasteiger partial charge < -0.3 is 5.32 Å². The van der Waals surface area contributed by atoms with Gasteiger partial charge in [-0.1, -0.05) is 0 Å². The van der Waals surface area contributed by atoms with Gasteiger partial charge in [0.15, 0.2) is 0 Å². The average Bonchev–Trinajstić information content (AvgIpc) is 3.08. The number of rotatable bonds is 3. The molecule has 3 rings (SSSR count). The highest BCUT2D eigenvalue weighted by Gasteiger charge is 2.28. The van der Waals surface area contributed by atoms with Crippen molar-refractivity contribution in [2.24, 2.45) is 5.92 Å². The summed E-state index contributed by atoms with van der Waals surface area (Å²) in [4.78, 5) is 11.2. The monoisotopic (exact) mass is 247 g/mol. The summed E-state index contributed by atoms with van der Waals surface area (Å²) in [6.07, 6.45) is 4.37. The molecule has 2 heterocycles. The lowest BCUT2D eigenvalue weighted by molar-refractivity contribution is 0.691. The standard InChI is InChI=1S/C13H17N3S/c1-7-9(3)17-13-11(7)12(14-6-15-13)16-8(2)10-4-5-10/h6,8,10H,4-5H2,1-3H3,(H,14,15,16). The maximum atomic E-state index is 4.42. The van der Waals surface area contributed by atoms with Crippen molar-refractivity contribution in [2.75, 3.05) is 5.32 Å². The molecule has 0 aromatic carbocycles.